The van der Waals surface area contributed by atoms with Gasteiger partial charge in [-0.1, -0.05) is 6.07 Å². The highest BCUT2D eigenvalue weighted by molar-refractivity contribution is 5.90. The first kappa shape index (κ1) is 14.0. The Morgan fingerprint density at radius 1 is 1.35 bits per heavy atom. The third kappa shape index (κ3) is 2.96. The summed E-state index contributed by atoms with van der Waals surface area (Å²) >= 11 is 0. The van der Waals surface area contributed by atoms with Crippen molar-refractivity contribution in [3.63, 3.8) is 0 Å². The lowest BCUT2D eigenvalue weighted by Gasteiger charge is -2.20. The van der Waals surface area contributed by atoms with Crippen molar-refractivity contribution in [1.82, 2.24) is 9.88 Å². The molecule has 0 aliphatic rings. The monoisotopic (exact) mass is 275 g/mol. The van der Waals surface area contributed by atoms with Gasteiger partial charge in [0.15, 0.2) is 0 Å². The van der Waals surface area contributed by atoms with E-state index in [0.717, 1.165) is 0 Å². The maximum atomic E-state index is 11.9. The Morgan fingerprint density at radius 3 is 2.65 bits per heavy atom. The SMILES string of the molecule is CC(C)(C)NC(=O)Cn1ccc2c([N+](=O)[O-])cccc21. The predicted octanol–water partition coefficient (Wildman–Crippen LogP) is 2.46. The number of fused-ring (bicyclic) bond motifs is 1. The molecule has 0 atom stereocenters. The molecular weight excluding hydrogens is 258 g/mol. The molecule has 1 aromatic heterocycles. The van der Waals surface area contributed by atoms with Gasteiger partial charge in [-0.15, -0.1) is 0 Å². The third-order valence-electron chi connectivity index (χ3n) is 2.82. The van der Waals surface area contributed by atoms with Crippen LogP contribution in [-0.4, -0.2) is 20.9 Å². The molecule has 2 rings (SSSR count). The van der Waals surface area contributed by atoms with Gasteiger partial charge in [0.1, 0.15) is 6.54 Å². The molecule has 1 N–H and O–H groups in total. The Morgan fingerprint density at radius 2 is 2.05 bits per heavy atom. The van der Waals surface area contributed by atoms with Crippen LogP contribution in [0.25, 0.3) is 10.9 Å². The summed E-state index contributed by atoms with van der Waals surface area (Å²) < 4.78 is 1.71. The lowest BCUT2D eigenvalue weighted by atomic mass is 10.1. The third-order valence-corrected chi connectivity index (χ3v) is 2.82. The quantitative estimate of drug-likeness (QED) is 0.690. The van der Waals surface area contributed by atoms with E-state index in [-0.39, 0.29) is 23.7 Å². The molecule has 0 saturated heterocycles. The predicted molar refractivity (Wildman–Crippen MR) is 76.5 cm³/mol. The summed E-state index contributed by atoms with van der Waals surface area (Å²) in [6.07, 6.45) is 1.69. The Balaban J connectivity index is 2.31. The molecule has 0 radical (unpaired) electrons. The van der Waals surface area contributed by atoms with Crippen molar-refractivity contribution in [2.75, 3.05) is 0 Å². The maximum Gasteiger partial charge on any atom is 0.278 e. The highest BCUT2D eigenvalue weighted by Crippen LogP contribution is 2.26. The van der Waals surface area contributed by atoms with E-state index >= 15 is 0 Å². The van der Waals surface area contributed by atoms with Gasteiger partial charge in [0.2, 0.25) is 5.91 Å². The second-order valence-corrected chi connectivity index (χ2v) is 5.71. The maximum absolute atomic E-state index is 11.9. The normalized spacial score (nSPS) is 11.6. The molecule has 1 amide bonds. The molecule has 20 heavy (non-hydrogen) atoms. The summed E-state index contributed by atoms with van der Waals surface area (Å²) in [5, 5.41) is 14.4. The number of hydrogen-bond donors (Lipinski definition) is 1. The fraction of sp³-hybridized carbons (Fsp3) is 0.357. The second kappa shape index (κ2) is 4.96. The van der Waals surface area contributed by atoms with Crippen LogP contribution in [-0.2, 0) is 11.3 Å². The van der Waals surface area contributed by atoms with Crippen molar-refractivity contribution in [2.45, 2.75) is 32.9 Å². The van der Waals surface area contributed by atoms with Gasteiger partial charge in [-0.05, 0) is 32.9 Å². The number of carbonyl (C=O) groups excluding carboxylic acids is 1. The zero-order valence-corrected chi connectivity index (χ0v) is 11.7. The van der Waals surface area contributed by atoms with Crippen LogP contribution in [0, 0.1) is 10.1 Å². The molecule has 0 saturated carbocycles. The van der Waals surface area contributed by atoms with E-state index in [0.29, 0.717) is 10.9 Å². The summed E-state index contributed by atoms with van der Waals surface area (Å²) in [7, 11) is 0. The number of carbonyl (C=O) groups is 1. The van der Waals surface area contributed by atoms with Crippen molar-refractivity contribution in [3.8, 4) is 0 Å². The molecule has 0 spiro atoms. The average Bonchev–Trinajstić information content (AvgIpc) is 2.69. The van der Waals surface area contributed by atoms with Gasteiger partial charge in [-0.25, -0.2) is 0 Å². The number of aromatic nitrogens is 1. The summed E-state index contributed by atoms with van der Waals surface area (Å²) in [6.45, 7) is 5.86. The molecule has 0 bridgehead atoms. The minimum Gasteiger partial charge on any atom is -0.350 e. The van der Waals surface area contributed by atoms with Gasteiger partial charge in [0.25, 0.3) is 5.69 Å². The van der Waals surface area contributed by atoms with Gasteiger partial charge < -0.3 is 9.88 Å². The molecule has 0 aliphatic heterocycles. The molecule has 1 aromatic carbocycles. The van der Waals surface area contributed by atoms with Crippen molar-refractivity contribution >= 4 is 22.5 Å². The molecule has 106 valence electrons. The van der Waals surface area contributed by atoms with Crippen molar-refractivity contribution in [3.05, 3.63) is 40.6 Å². The van der Waals surface area contributed by atoms with E-state index in [4.69, 9.17) is 0 Å². The first-order valence-corrected chi connectivity index (χ1v) is 6.31. The van der Waals surface area contributed by atoms with E-state index in [1.165, 1.54) is 6.07 Å². The van der Waals surface area contributed by atoms with Gasteiger partial charge in [-0.3, -0.25) is 14.9 Å². The van der Waals surface area contributed by atoms with Gasteiger partial charge >= 0.3 is 0 Å². The number of benzene rings is 1. The van der Waals surface area contributed by atoms with Crippen LogP contribution in [0.2, 0.25) is 0 Å². The first-order valence-electron chi connectivity index (χ1n) is 6.31. The summed E-state index contributed by atoms with van der Waals surface area (Å²) in [5.74, 6) is -0.124. The minimum atomic E-state index is -0.415. The number of nitro benzene ring substituents is 1. The van der Waals surface area contributed by atoms with Crippen molar-refractivity contribution < 1.29 is 9.72 Å². The number of nitrogens with zero attached hydrogens (tertiary/aromatic N) is 2. The summed E-state index contributed by atoms with van der Waals surface area (Å²) in [4.78, 5) is 22.5. The number of nitro groups is 1. The number of amides is 1. The van der Waals surface area contributed by atoms with E-state index in [2.05, 4.69) is 5.32 Å². The fourth-order valence-corrected chi connectivity index (χ4v) is 2.12. The molecule has 0 aliphatic carbocycles. The lowest BCUT2D eigenvalue weighted by molar-refractivity contribution is -0.383. The second-order valence-electron chi connectivity index (χ2n) is 5.71. The molecule has 0 unspecified atom stereocenters. The number of nitrogens with one attached hydrogen (secondary N) is 1. The minimum absolute atomic E-state index is 0.0532. The molecule has 1 heterocycles. The molecule has 6 nitrogen and oxygen atoms in total. The van der Waals surface area contributed by atoms with Crippen LogP contribution in [0.3, 0.4) is 0 Å². The summed E-state index contributed by atoms with van der Waals surface area (Å²) in [6, 6.07) is 6.52. The molecular formula is C14H17N3O3. The summed E-state index contributed by atoms with van der Waals surface area (Å²) in [5.41, 5.74) is 0.437. The average molecular weight is 275 g/mol. The van der Waals surface area contributed by atoms with Gasteiger partial charge in [0.05, 0.1) is 15.8 Å². The smallest absolute Gasteiger partial charge is 0.278 e. The van der Waals surface area contributed by atoms with Gasteiger partial charge in [0, 0.05) is 17.8 Å². The van der Waals surface area contributed by atoms with E-state index in [9.17, 15) is 14.9 Å². The first-order chi connectivity index (χ1) is 9.28. The van der Waals surface area contributed by atoms with Crippen LogP contribution in [0.1, 0.15) is 20.8 Å². The topological polar surface area (TPSA) is 77.2 Å². The highest BCUT2D eigenvalue weighted by Gasteiger charge is 2.17. The molecule has 2 aromatic rings. The van der Waals surface area contributed by atoms with Crippen molar-refractivity contribution in [1.29, 1.82) is 0 Å². The van der Waals surface area contributed by atoms with E-state index < -0.39 is 4.92 Å². The number of non-ortho nitro benzene ring substituents is 1. The Hall–Kier alpha value is -2.37. The van der Waals surface area contributed by atoms with E-state index in [1.54, 1.807) is 29.0 Å². The fourth-order valence-electron chi connectivity index (χ4n) is 2.12. The Labute approximate surface area is 116 Å². The Bertz CT molecular complexity index is 668. The zero-order chi connectivity index (χ0) is 14.9. The van der Waals surface area contributed by atoms with Crippen LogP contribution in [0.5, 0.6) is 0 Å². The molecule has 6 heteroatoms. The van der Waals surface area contributed by atoms with Crippen LogP contribution < -0.4 is 5.32 Å². The van der Waals surface area contributed by atoms with E-state index in [1.807, 2.05) is 20.8 Å². The van der Waals surface area contributed by atoms with Gasteiger partial charge in [-0.2, -0.15) is 0 Å². The van der Waals surface area contributed by atoms with Crippen LogP contribution >= 0.6 is 0 Å². The highest BCUT2D eigenvalue weighted by atomic mass is 16.6. The standard InChI is InChI=1S/C14H17N3O3/c1-14(2,3)15-13(18)9-16-8-7-10-11(16)5-4-6-12(10)17(19)20/h4-8H,9H2,1-3H3,(H,15,18). The number of hydrogen-bond acceptors (Lipinski definition) is 3. The Kier molecular flexibility index (Phi) is 3.48. The zero-order valence-electron chi connectivity index (χ0n) is 11.7. The van der Waals surface area contributed by atoms with Crippen LogP contribution in [0.15, 0.2) is 30.5 Å². The largest absolute Gasteiger partial charge is 0.350 e. The van der Waals surface area contributed by atoms with Crippen LogP contribution in [0.4, 0.5) is 5.69 Å². The molecule has 0 fully saturated rings. The number of rotatable bonds is 3. The lowest BCUT2D eigenvalue weighted by Crippen LogP contribution is -2.42. The van der Waals surface area contributed by atoms with Crippen molar-refractivity contribution in [2.24, 2.45) is 0 Å².